The van der Waals surface area contributed by atoms with Gasteiger partial charge in [-0.15, -0.1) is 0 Å². The molecule has 0 unspecified atom stereocenters. The molecule has 0 fully saturated rings. The summed E-state index contributed by atoms with van der Waals surface area (Å²) < 4.78 is 16.6. The average Bonchev–Trinajstić information content (AvgIpc) is 2.70. The Balaban J connectivity index is 1.82. The number of urea groups is 1. The van der Waals surface area contributed by atoms with Gasteiger partial charge in [-0.05, 0) is 48.2 Å². The van der Waals surface area contributed by atoms with Crippen LogP contribution in [0.1, 0.15) is 31.9 Å². The average molecular weight is 386 g/mol. The minimum absolute atomic E-state index is 0.235. The second-order valence-corrected chi connectivity index (χ2v) is 6.81. The first kappa shape index (κ1) is 21.4. The van der Waals surface area contributed by atoms with E-state index in [0.29, 0.717) is 43.7 Å². The lowest BCUT2D eigenvalue weighted by atomic mass is 10.2. The summed E-state index contributed by atoms with van der Waals surface area (Å²) in [6, 6.07) is 13.1. The van der Waals surface area contributed by atoms with Crippen LogP contribution in [0.25, 0.3) is 0 Å². The molecule has 0 saturated heterocycles. The van der Waals surface area contributed by atoms with Gasteiger partial charge in [-0.2, -0.15) is 0 Å². The van der Waals surface area contributed by atoms with Crippen LogP contribution >= 0.6 is 0 Å². The monoisotopic (exact) mass is 386 g/mol. The Morgan fingerprint density at radius 1 is 0.964 bits per heavy atom. The number of ether oxygens (including phenoxy) is 3. The van der Waals surface area contributed by atoms with E-state index in [1.807, 2.05) is 49.4 Å². The molecule has 2 rings (SSSR count). The summed E-state index contributed by atoms with van der Waals surface area (Å²) in [7, 11) is 1.60. The SMILES string of the molecule is CCOc1ccc(CNC(=O)NCc2cccc(OCC(C)C)c2)cc1OC. The van der Waals surface area contributed by atoms with Crippen molar-refractivity contribution in [2.45, 2.75) is 33.9 Å². The van der Waals surface area contributed by atoms with E-state index in [0.717, 1.165) is 16.9 Å². The van der Waals surface area contributed by atoms with Gasteiger partial charge in [-0.25, -0.2) is 4.79 Å². The molecule has 0 atom stereocenters. The van der Waals surface area contributed by atoms with Crippen LogP contribution in [0.3, 0.4) is 0 Å². The van der Waals surface area contributed by atoms with Crippen LogP contribution in [0.5, 0.6) is 17.2 Å². The first-order valence-corrected chi connectivity index (χ1v) is 9.55. The van der Waals surface area contributed by atoms with E-state index in [-0.39, 0.29) is 6.03 Å². The summed E-state index contributed by atoms with van der Waals surface area (Å²) >= 11 is 0. The number of carbonyl (C=O) groups is 1. The lowest BCUT2D eigenvalue weighted by molar-refractivity contribution is 0.240. The number of hydrogen-bond acceptors (Lipinski definition) is 4. The predicted molar refractivity (Wildman–Crippen MR) is 110 cm³/mol. The molecular weight excluding hydrogens is 356 g/mol. The smallest absolute Gasteiger partial charge is 0.315 e. The van der Waals surface area contributed by atoms with Gasteiger partial charge in [-0.3, -0.25) is 0 Å². The van der Waals surface area contributed by atoms with Gasteiger partial charge in [0.25, 0.3) is 0 Å². The molecular formula is C22H30N2O4. The zero-order chi connectivity index (χ0) is 20.4. The maximum atomic E-state index is 12.1. The molecule has 2 N–H and O–H groups in total. The number of nitrogens with one attached hydrogen (secondary N) is 2. The van der Waals surface area contributed by atoms with Gasteiger partial charge >= 0.3 is 6.03 Å². The highest BCUT2D eigenvalue weighted by atomic mass is 16.5. The summed E-state index contributed by atoms with van der Waals surface area (Å²) in [6.45, 7) is 8.20. The Morgan fingerprint density at radius 2 is 1.68 bits per heavy atom. The van der Waals surface area contributed by atoms with Crippen molar-refractivity contribution < 1.29 is 19.0 Å². The van der Waals surface area contributed by atoms with Gasteiger partial charge in [0.2, 0.25) is 0 Å². The topological polar surface area (TPSA) is 68.8 Å². The van der Waals surface area contributed by atoms with Crippen molar-refractivity contribution in [1.82, 2.24) is 10.6 Å². The van der Waals surface area contributed by atoms with Gasteiger partial charge in [0.1, 0.15) is 5.75 Å². The highest BCUT2D eigenvalue weighted by Crippen LogP contribution is 2.27. The van der Waals surface area contributed by atoms with Crippen LogP contribution in [0, 0.1) is 5.92 Å². The van der Waals surface area contributed by atoms with E-state index in [4.69, 9.17) is 14.2 Å². The first-order chi connectivity index (χ1) is 13.5. The summed E-state index contributed by atoms with van der Waals surface area (Å²) in [6.07, 6.45) is 0. The molecule has 6 nitrogen and oxygen atoms in total. The Hall–Kier alpha value is -2.89. The van der Waals surface area contributed by atoms with Crippen LogP contribution in [0.15, 0.2) is 42.5 Å². The third kappa shape index (κ3) is 7.02. The number of methoxy groups -OCH3 is 1. The van der Waals surface area contributed by atoms with E-state index in [2.05, 4.69) is 24.5 Å². The lowest BCUT2D eigenvalue weighted by Gasteiger charge is -2.12. The Morgan fingerprint density at radius 3 is 2.32 bits per heavy atom. The number of benzene rings is 2. The van der Waals surface area contributed by atoms with Crippen molar-refractivity contribution in [3.05, 3.63) is 53.6 Å². The number of rotatable bonds is 10. The molecule has 2 aromatic rings. The number of amides is 2. The minimum Gasteiger partial charge on any atom is -0.493 e. The van der Waals surface area contributed by atoms with E-state index >= 15 is 0 Å². The third-order valence-electron chi connectivity index (χ3n) is 3.92. The van der Waals surface area contributed by atoms with Gasteiger partial charge in [0.05, 0.1) is 20.3 Å². The summed E-state index contributed by atoms with van der Waals surface area (Å²) in [5, 5.41) is 5.71. The zero-order valence-electron chi connectivity index (χ0n) is 17.1. The highest BCUT2D eigenvalue weighted by Gasteiger charge is 2.07. The second kappa shape index (κ2) is 11.1. The molecule has 0 aliphatic rings. The Labute approximate surface area is 167 Å². The zero-order valence-corrected chi connectivity index (χ0v) is 17.1. The van der Waals surface area contributed by atoms with Crippen LogP contribution in [0.2, 0.25) is 0 Å². The van der Waals surface area contributed by atoms with E-state index < -0.39 is 0 Å². The minimum atomic E-state index is -0.235. The van der Waals surface area contributed by atoms with Crippen LogP contribution in [0.4, 0.5) is 4.79 Å². The molecule has 2 amide bonds. The van der Waals surface area contributed by atoms with E-state index in [1.165, 1.54) is 0 Å². The Kier molecular flexibility index (Phi) is 8.46. The fourth-order valence-corrected chi connectivity index (χ4v) is 2.53. The fraction of sp³-hybridized carbons (Fsp3) is 0.409. The van der Waals surface area contributed by atoms with Crippen LogP contribution < -0.4 is 24.8 Å². The van der Waals surface area contributed by atoms with Gasteiger partial charge in [0.15, 0.2) is 11.5 Å². The summed E-state index contributed by atoms with van der Waals surface area (Å²) in [5.41, 5.74) is 1.92. The number of carbonyl (C=O) groups excluding carboxylic acids is 1. The van der Waals surface area contributed by atoms with Crippen LogP contribution in [-0.4, -0.2) is 26.4 Å². The molecule has 0 aliphatic carbocycles. The maximum absolute atomic E-state index is 12.1. The van der Waals surface area contributed by atoms with E-state index in [9.17, 15) is 4.79 Å². The number of hydrogen-bond donors (Lipinski definition) is 2. The van der Waals surface area contributed by atoms with Crippen LogP contribution in [-0.2, 0) is 13.1 Å². The quantitative estimate of drug-likeness (QED) is 0.644. The largest absolute Gasteiger partial charge is 0.493 e. The second-order valence-electron chi connectivity index (χ2n) is 6.81. The normalized spacial score (nSPS) is 10.5. The fourth-order valence-electron chi connectivity index (χ4n) is 2.53. The molecule has 28 heavy (non-hydrogen) atoms. The van der Waals surface area contributed by atoms with Crippen molar-refractivity contribution in [3.63, 3.8) is 0 Å². The van der Waals surface area contributed by atoms with Crippen molar-refractivity contribution in [2.75, 3.05) is 20.3 Å². The summed E-state index contributed by atoms with van der Waals surface area (Å²) in [5.74, 6) is 2.63. The molecule has 152 valence electrons. The predicted octanol–water partition coefficient (Wildman–Crippen LogP) is 4.13. The molecule has 6 heteroatoms. The lowest BCUT2D eigenvalue weighted by Crippen LogP contribution is -2.34. The van der Waals surface area contributed by atoms with Gasteiger partial charge < -0.3 is 24.8 Å². The highest BCUT2D eigenvalue weighted by molar-refractivity contribution is 5.73. The van der Waals surface area contributed by atoms with E-state index in [1.54, 1.807) is 7.11 Å². The summed E-state index contributed by atoms with van der Waals surface area (Å²) in [4.78, 5) is 12.1. The molecule has 0 saturated carbocycles. The van der Waals surface area contributed by atoms with Gasteiger partial charge in [0, 0.05) is 13.1 Å². The molecule has 0 heterocycles. The third-order valence-corrected chi connectivity index (χ3v) is 3.92. The van der Waals surface area contributed by atoms with Crippen molar-refractivity contribution >= 4 is 6.03 Å². The molecule has 0 aliphatic heterocycles. The first-order valence-electron chi connectivity index (χ1n) is 9.55. The molecule has 0 spiro atoms. The molecule has 0 bridgehead atoms. The molecule has 0 radical (unpaired) electrons. The molecule has 2 aromatic carbocycles. The van der Waals surface area contributed by atoms with Crippen molar-refractivity contribution in [3.8, 4) is 17.2 Å². The standard InChI is InChI=1S/C22H30N2O4/c1-5-27-20-10-9-18(12-21(20)26-4)14-24-22(25)23-13-17-7-6-8-19(11-17)28-15-16(2)3/h6-12,16H,5,13-15H2,1-4H3,(H2,23,24,25). The molecule has 0 aromatic heterocycles. The van der Waals surface area contributed by atoms with Gasteiger partial charge in [-0.1, -0.05) is 32.0 Å². The Bertz CT molecular complexity index is 762. The van der Waals surface area contributed by atoms with Crippen molar-refractivity contribution in [1.29, 1.82) is 0 Å². The maximum Gasteiger partial charge on any atom is 0.315 e. The van der Waals surface area contributed by atoms with Crippen molar-refractivity contribution in [2.24, 2.45) is 5.92 Å².